The number of nitrogens with one attached hydrogen (secondary N) is 1. The monoisotopic (exact) mass is 194 g/mol. The van der Waals surface area contributed by atoms with Crippen molar-refractivity contribution in [1.29, 1.82) is 0 Å². The smallest absolute Gasteiger partial charge is 0.347 e. The van der Waals surface area contributed by atoms with Gasteiger partial charge in [0.25, 0.3) is 0 Å². The number of hydrogen-bond donors (Lipinski definition) is 2. The summed E-state index contributed by atoms with van der Waals surface area (Å²) in [4.78, 5) is 19.8. The summed E-state index contributed by atoms with van der Waals surface area (Å²) in [5.74, 6) is 0.348. The molecule has 1 aromatic heterocycles. The molecule has 1 aromatic rings. The second-order valence-electron chi connectivity index (χ2n) is 4.20. The summed E-state index contributed by atoms with van der Waals surface area (Å²) in [6.07, 6.45) is 0. The third-order valence-corrected chi connectivity index (χ3v) is 3.03. The van der Waals surface area contributed by atoms with Crippen LogP contribution < -0.4 is 11.4 Å². The standard InChI is InChI=1S/C9H14N4O/c1-9(2)6-5(4-13(9)3)7(10)12-8(14)11-6/h4H2,1-3H3,(H3,10,11,12,14). The quantitative estimate of drug-likeness (QED) is 0.611. The number of nitrogens with zero attached hydrogens (tertiary/aromatic N) is 2. The van der Waals surface area contributed by atoms with Crippen LogP contribution in [0.3, 0.4) is 0 Å². The van der Waals surface area contributed by atoms with Crippen molar-refractivity contribution in [2.75, 3.05) is 12.8 Å². The molecule has 1 aliphatic rings. The molecule has 0 amide bonds. The molecular formula is C9H14N4O. The van der Waals surface area contributed by atoms with Gasteiger partial charge < -0.3 is 10.7 Å². The Labute approximate surface area is 82.0 Å². The average molecular weight is 194 g/mol. The molecule has 5 heteroatoms. The number of nitrogens with two attached hydrogens (primary N) is 1. The molecule has 3 N–H and O–H groups in total. The summed E-state index contributed by atoms with van der Waals surface area (Å²) in [5, 5.41) is 0. The fraction of sp³-hybridized carbons (Fsp3) is 0.556. The fourth-order valence-electron chi connectivity index (χ4n) is 1.82. The van der Waals surface area contributed by atoms with Crippen molar-refractivity contribution >= 4 is 5.82 Å². The molecule has 1 aliphatic heterocycles. The van der Waals surface area contributed by atoms with Gasteiger partial charge in [-0.2, -0.15) is 4.98 Å². The van der Waals surface area contributed by atoms with Crippen LogP contribution in [0.5, 0.6) is 0 Å². The van der Waals surface area contributed by atoms with E-state index < -0.39 is 0 Å². The van der Waals surface area contributed by atoms with E-state index in [1.165, 1.54) is 0 Å². The summed E-state index contributed by atoms with van der Waals surface area (Å²) >= 11 is 0. The molecule has 76 valence electrons. The van der Waals surface area contributed by atoms with Crippen LogP contribution in [0.15, 0.2) is 4.79 Å². The molecule has 0 radical (unpaired) electrons. The first-order valence-electron chi connectivity index (χ1n) is 4.53. The Hall–Kier alpha value is -1.36. The molecule has 0 bridgehead atoms. The fourth-order valence-corrected chi connectivity index (χ4v) is 1.82. The summed E-state index contributed by atoms with van der Waals surface area (Å²) in [5.41, 5.74) is 6.98. The number of hydrogen-bond acceptors (Lipinski definition) is 4. The Morgan fingerprint density at radius 2 is 2.21 bits per heavy atom. The van der Waals surface area contributed by atoms with Gasteiger partial charge in [-0.05, 0) is 20.9 Å². The van der Waals surface area contributed by atoms with Crippen molar-refractivity contribution in [3.63, 3.8) is 0 Å². The molecule has 0 aliphatic carbocycles. The van der Waals surface area contributed by atoms with E-state index in [1.807, 2.05) is 20.9 Å². The normalized spacial score (nSPS) is 19.6. The van der Waals surface area contributed by atoms with Crippen molar-refractivity contribution in [2.45, 2.75) is 25.9 Å². The minimum atomic E-state index is -0.371. The molecule has 5 nitrogen and oxygen atoms in total. The number of anilines is 1. The van der Waals surface area contributed by atoms with Gasteiger partial charge in [-0.1, -0.05) is 0 Å². The number of fused-ring (bicyclic) bond motifs is 1. The maximum Gasteiger partial charge on any atom is 0.347 e. The first-order valence-corrected chi connectivity index (χ1v) is 4.53. The van der Waals surface area contributed by atoms with E-state index in [4.69, 9.17) is 5.73 Å². The van der Waals surface area contributed by atoms with Crippen LogP contribution in [0.25, 0.3) is 0 Å². The Bertz CT molecular complexity index is 435. The van der Waals surface area contributed by atoms with Gasteiger partial charge in [0, 0.05) is 17.8 Å². The maximum absolute atomic E-state index is 11.2. The van der Waals surface area contributed by atoms with E-state index in [0.717, 1.165) is 17.8 Å². The Kier molecular flexibility index (Phi) is 1.69. The van der Waals surface area contributed by atoms with Gasteiger partial charge in [0.05, 0.1) is 5.54 Å². The molecular weight excluding hydrogens is 180 g/mol. The largest absolute Gasteiger partial charge is 0.383 e. The topological polar surface area (TPSA) is 75.0 Å². The van der Waals surface area contributed by atoms with Crippen LogP contribution in [0, 0.1) is 0 Å². The number of nitrogen functional groups attached to an aromatic ring is 1. The van der Waals surface area contributed by atoms with Crippen LogP contribution in [-0.4, -0.2) is 21.9 Å². The van der Waals surface area contributed by atoms with Gasteiger partial charge >= 0.3 is 5.69 Å². The summed E-state index contributed by atoms with van der Waals surface area (Å²) in [6, 6.07) is 0. The SMILES string of the molecule is CN1Cc2c(N)nc(=O)[nH]c2C1(C)C. The average Bonchev–Trinajstić information content (AvgIpc) is 2.28. The highest BCUT2D eigenvalue weighted by atomic mass is 16.1. The summed E-state index contributed by atoms with van der Waals surface area (Å²) < 4.78 is 0. The van der Waals surface area contributed by atoms with Gasteiger partial charge in [-0.3, -0.25) is 4.90 Å². The molecule has 0 fully saturated rings. The third-order valence-electron chi connectivity index (χ3n) is 3.03. The van der Waals surface area contributed by atoms with Gasteiger partial charge in [0.15, 0.2) is 0 Å². The van der Waals surface area contributed by atoms with Crippen LogP contribution in [0.2, 0.25) is 0 Å². The van der Waals surface area contributed by atoms with Crippen molar-refractivity contribution in [1.82, 2.24) is 14.9 Å². The lowest BCUT2D eigenvalue weighted by molar-refractivity contribution is 0.175. The minimum absolute atomic E-state index is 0.175. The number of aromatic nitrogens is 2. The molecule has 2 heterocycles. The number of rotatable bonds is 0. The number of H-pyrrole nitrogens is 1. The zero-order chi connectivity index (χ0) is 10.5. The zero-order valence-electron chi connectivity index (χ0n) is 8.59. The van der Waals surface area contributed by atoms with Crippen molar-refractivity contribution < 1.29 is 0 Å². The van der Waals surface area contributed by atoms with Crippen molar-refractivity contribution in [3.05, 3.63) is 21.7 Å². The summed E-state index contributed by atoms with van der Waals surface area (Å²) in [7, 11) is 2.00. The van der Waals surface area contributed by atoms with E-state index >= 15 is 0 Å². The maximum atomic E-state index is 11.2. The van der Waals surface area contributed by atoms with E-state index in [1.54, 1.807) is 0 Å². The van der Waals surface area contributed by atoms with Crippen molar-refractivity contribution in [3.8, 4) is 0 Å². The highest BCUT2D eigenvalue weighted by Crippen LogP contribution is 2.36. The molecule has 14 heavy (non-hydrogen) atoms. The highest BCUT2D eigenvalue weighted by molar-refractivity contribution is 5.46. The molecule has 0 unspecified atom stereocenters. The first-order chi connectivity index (χ1) is 6.43. The van der Waals surface area contributed by atoms with Gasteiger partial charge in [-0.25, -0.2) is 4.79 Å². The Morgan fingerprint density at radius 3 is 2.86 bits per heavy atom. The second kappa shape index (κ2) is 2.57. The molecule has 0 atom stereocenters. The van der Waals surface area contributed by atoms with Crippen LogP contribution in [0.4, 0.5) is 5.82 Å². The van der Waals surface area contributed by atoms with Crippen LogP contribution in [-0.2, 0) is 12.1 Å². The first kappa shape index (κ1) is 9.21. The van der Waals surface area contributed by atoms with E-state index in [9.17, 15) is 4.79 Å². The molecule has 2 rings (SSSR count). The van der Waals surface area contributed by atoms with Gasteiger partial charge in [-0.15, -0.1) is 0 Å². The lowest BCUT2D eigenvalue weighted by atomic mass is 10.0. The Balaban J connectivity index is 2.71. The number of aromatic amines is 1. The van der Waals surface area contributed by atoms with Crippen LogP contribution >= 0.6 is 0 Å². The van der Waals surface area contributed by atoms with E-state index in [2.05, 4.69) is 14.9 Å². The predicted molar refractivity (Wildman–Crippen MR) is 53.8 cm³/mol. The summed E-state index contributed by atoms with van der Waals surface area (Å²) in [6.45, 7) is 4.83. The minimum Gasteiger partial charge on any atom is -0.383 e. The molecule has 0 saturated carbocycles. The van der Waals surface area contributed by atoms with Gasteiger partial charge in [0.1, 0.15) is 5.82 Å². The predicted octanol–water partition coefficient (Wildman–Crippen LogP) is 0.0326. The molecule has 0 aromatic carbocycles. The van der Waals surface area contributed by atoms with E-state index in [-0.39, 0.29) is 11.2 Å². The lowest BCUT2D eigenvalue weighted by Gasteiger charge is -2.27. The molecule has 0 spiro atoms. The van der Waals surface area contributed by atoms with E-state index in [0.29, 0.717) is 5.82 Å². The van der Waals surface area contributed by atoms with Gasteiger partial charge in [0.2, 0.25) is 0 Å². The van der Waals surface area contributed by atoms with Crippen LogP contribution in [0.1, 0.15) is 25.1 Å². The third kappa shape index (κ3) is 1.05. The second-order valence-corrected chi connectivity index (χ2v) is 4.20. The molecule has 0 saturated heterocycles. The lowest BCUT2D eigenvalue weighted by Crippen LogP contribution is -2.33. The zero-order valence-corrected chi connectivity index (χ0v) is 8.59. The van der Waals surface area contributed by atoms with Crippen molar-refractivity contribution in [2.24, 2.45) is 0 Å². The highest BCUT2D eigenvalue weighted by Gasteiger charge is 2.37. The Morgan fingerprint density at radius 1 is 1.57 bits per heavy atom.